The van der Waals surface area contributed by atoms with Gasteiger partial charge in [0.2, 0.25) is 0 Å². The lowest BCUT2D eigenvalue weighted by Gasteiger charge is -2.22. The maximum Gasteiger partial charge on any atom is 0.200 e. The molecule has 0 fully saturated rings. The zero-order valence-electron chi connectivity index (χ0n) is 8.40. The number of aromatic nitrogens is 2. The first-order valence-electron chi connectivity index (χ1n) is 4.44. The van der Waals surface area contributed by atoms with Gasteiger partial charge < -0.3 is 15.0 Å². The van der Waals surface area contributed by atoms with Gasteiger partial charge in [-0.1, -0.05) is 13.8 Å². The summed E-state index contributed by atoms with van der Waals surface area (Å²) >= 11 is 0. The van der Waals surface area contributed by atoms with Crippen molar-refractivity contribution in [3.8, 4) is 0 Å². The molecular weight excluding hydrogens is 166 g/mol. The van der Waals surface area contributed by atoms with Gasteiger partial charge in [-0.3, -0.25) is 0 Å². The summed E-state index contributed by atoms with van der Waals surface area (Å²) in [6.45, 7) is 4.95. The summed E-state index contributed by atoms with van der Waals surface area (Å²) in [6.07, 6.45) is 3.60. The van der Waals surface area contributed by atoms with Crippen LogP contribution in [0.25, 0.3) is 0 Å². The minimum Gasteiger partial charge on any atom is -0.383 e. The van der Waals surface area contributed by atoms with Gasteiger partial charge in [-0.2, -0.15) is 0 Å². The second kappa shape index (κ2) is 4.28. The van der Waals surface area contributed by atoms with Crippen molar-refractivity contribution in [1.82, 2.24) is 9.55 Å². The second-order valence-electron chi connectivity index (χ2n) is 3.46. The summed E-state index contributed by atoms with van der Waals surface area (Å²) in [7, 11) is 1.70. The molecule has 0 bridgehead atoms. The normalized spacial score (nSPS) is 13.5. The molecule has 1 rings (SSSR count). The van der Waals surface area contributed by atoms with Gasteiger partial charge in [-0.05, 0) is 5.92 Å². The first-order chi connectivity index (χ1) is 6.16. The third-order valence-corrected chi connectivity index (χ3v) is 2.16. The van der Waals surface area contributed by atoms with Gasteiger partial charge >= 0.3 is 0 Å². The van der Waals surface area contributed by atoms with E-state index in [2.05, 4.69) is 18.8 Å². The quantitative estimate of drug-likeness (QED) is 0.765. The molecule has 0 radical (unpaired) electrons. The minimum atomic E-state index is 0.271. The summed E-state index contributed by atoms with van der Waals surface area (Å²) in [5, 5.41) is 0. The number of imidazole rings is 1. The largest absolute Gasteiger partial charge is 0.383 e. The molecule has 1 atom stereocenters. The number of methoxy groups -OCH3 is 1. The Morgan fingerprint density at radius 1 is 1.62 bits per heavy atom. The van der Waals surface area contributed by atoms with Crippen LogP contribution in [0, 0.1) is 5.92 Å². The van der Waals surface area contributed by atoms with Crippen molar-refractivity contribution in [2.24, 2.45) is 5.92 Å². The lowest BCUT2D eigenvalue weighted by molar-refractivity contribution is 0.134. The summed E-state index contributed by atoms with van der Waals surface area (Å²) in [5.41, 5.74) is 5.71. The van der Waals surface area contributed by atoms with Crippen LogP contribution in [0.1, 0.15) is 19.9 Å². The first kappa shape index (κ1) is 10.1. The molecule has 1 unspecified atom stereocenters. The topological polar surface area (TPSA) is 53.1 Å². The van der Waals surface area contributed by atoms with Gasteiger partial charge in [0.15, 0.2) is 5.95 Å². The van der Waals surface area contributed by atoms with Crippen LogP contribution in [0.2, 0.25) is 0 Å². The number of rotatable bonds is 4. The van der Waals surface area contributed by atoms with E-state index in [1.54, 1.807) is 13.3 Å². The summed E-state index contributed by atoms with van der Waals surface area (Å²) in [4.78, 5) is 3.99. The zero-order chi connectivity index (χ0) is 9.84. The Morgan fingerprint density at radius 3 is 2.69 bits per heavy atom. The molecule has 1 aromatic rings. The number of anilines is 1. The molecule has 0 aliphatic rings. The van der Waals surface area contributed by atoms with Crippen LogP contribution in [0.5, 0.6) is 0 Å². The van der Waals surface area contributed by atoms with Gasteiger partial charge in [-0.25, -0.2) is 4.98 Å². The molecule has 0 saturated carbocycles. The van der Waals surface area contributed by atoms with Crippen molar-refractivity contribution in [3.63, 3.8) is 0 Å². The maximum atomic E-state index is 5.71. The van der Waals surface area contributed by atoms with Crippen molar-refractivity contribution in [1.29, 1.82) is 0 Å². The fourth-order valence-electron chi connectivity index (χ4n) is 1.37. The van der Waals surface area contributed by atoms with E-state index in [1.807, 2.05) is 10.8 Å². The SMILES string of the molecule is COCC(C(C)C)n1ccnc1N. The standard InChI is InChI=1S/C9H17N3O/c1-7(2)8(6-13-3)12-5-4-11-9(12)10/h4-5,7-8H,6H2,1-3H3,(H2,10,11). The highest BCUT2D eigenvalue weighted by Crippen LogP contribution is 2.20. The Balaban J connectivity index is 2.82. The molecular formula is C9H17N3O. The number of nitrogens with zero attached hydrogens (tertiary/aromatic N) is 2. The Morgan fingerprint density at radius 2 is 2.31 bits per heavy atom. The Labute approximate surface area is 78.7 Å². The molecule has 1 aromatic heterocycles. The minimum absolute atomic E-state index is 0.271. The van der Waals surface area contributed by atoms with E-state index < -0.39 is 0 Å². The smallest absolute Gasteiger partial charge is 0.200 e. The van der Waals surface area contributed by atoms with Gasteiger partial charge in [0, 0.05) is 19.5 Å². The summed E-state index contributed by atoms with van der Waals surface area (Å²) in [6, 6.07) is 0.271. The van der Waals surface area contributed by atoms with Gasteiger partial charge in [-0.15, -0.1) is 0 Å². The number of nitrogens with two attached hydrogens (primary N) is 1. The number of hydrogen-bond donors (Lipinski definition) is 1. The van der Waals surface area contributed by atoms with Crippen molar-refractivity contribution >= 4 is 5.95 Å². The Bertz CT molecular complexity index is 257. The molecule has 4 heteroatoms. The molecule has 0 spiro atoms. The molecule has 74 valence electrons. The molecule has 0 aliphatic carbocycles. The molecule has 13 heavy (non-hydrogen) atoms. The highest BCUT2D eigenvalue weighted by molar-refractivity contribution is 5.18. The zero-order valence-corrected chi connectivity index (χ0v) is 8.40. The van der Waals surface area contributed by atoms with E-state index in [9.17, 15) is 0 Å². The third-order valence-electron chi connectivity index (χ3n) is 2.16. The van der Waals surface area contributed by atoms with Crippen LogP contribution in [0.3, 0.4) is 0 Å². The average Bonchev–Trinajstić information content (AvgIpc) is 2.47. The number of hydrogen-bond acceptors (Lipinski definition) is 3. The molecule has 0 amide bonds. The predicted octanol–water partition coefficient (Wildman–Crippen LogP) is 1.31. The van der Waals surface area contributed by atoms with Crippen molar-refractivity contribution in [2.75, 3.05) is 19.5 Å². The molecule has 0 aliphatic heterocycles. The monoisotopic (exact) mass is 183 g/mol. The fraction of sp³-hybridized carbons (Fsp3) is 0.667. The van der Waals surface area contributed by atoms with E-state index in [1.165, 1.54) is 0 Å². The third kappa shape index (κ3) is 2.21. The van der Waals surface area contributed by atoms with E-state index in [-0.39, 0.29) is 6.04 Å². The van der Waals surface area contributed by atoms with E-state index >= 15 is 0 Å². The fourth-order valence-corrected chi connectivity index (χ4v) is 1.37. The molecule has 2 N–H and O–H groups in total. The number of nitrogen functional groups attached to an aromatic ring is 1. The summed E-state index contributed by atoms with van der Waals surface area (Å²) < 4.78 is 7.09. The lowest BCUT2D eigenvalue weighted by atomic mass is 10.1. The molecule has 0 aromatic carbocycles. The first-order valence-corrected chi connectivity index (χ1v) is 4.44. The Hall–Kier alpha value is -1.03. The van der Waals surface area contributed by atoms with E-state index in [4.69, 9.17) is 10.5 Å². The van der Waals surface area contributed by atoms with Crippen molar-refractivity contribution < 1.29 is 4.74 Å². The van der Waals surface area contributed by atoms with Crippen LogP contribution >= 0.6 is 0 Å². The molecule has 0 saturated heterocycles. The van der Waals surface area contributed by atoms with Crippen LogP contribution in [0.15, 0.2) is 12.4 Å². The average molecular weight is 183 g/mol. The number of ether oxygens (including phenoxy) is 1. The van der Waals surface area contributed by atoms with Gasteiger partial charge in [0.1, 0.15) is 0 Å². The Kier molecular flexibility index (Phi) is 3.31. The van der Waals surface area contributed by atoms with Crippen LogP contribution in [-0.2, 0) is 4.74 Å². The van der Waals surface area contributed by atoms with Crippen LogP contribution in [0.4, 0.5) is 5.95 Å². The van der Waals surface area contributed by atoms with Gasteiger partial charge in [0.25, 0.3) is 0 Å². The van der Waals surface area contributed by atoms with Crippen LogP contribution < -0.4 is 5.73 Å². The van der Waals surface area contributed by atoms with E-state index in [0.29, 0.717) is 18.5 Å². The highest BCUT2D eigenvalue weighted by atomic mass is 16.5. The van der Waals surface area contributed by atoms with Crippen molar-refractivity contribution in [3.05, 3.63) is 12.4 Å². The summed E-state index contributed by atoms with van der Waals surface area (Å²) in [5.74, 6) is 1.03. The predicted molar refractivity (Wildman–Crippen MR) is 52.4 cm³/mol. The van der Waals surface area contributed by atoms with Crippen molar-refractivity contribution in [2.45, 2.75) is 19.9 Å². The van der Waals surface area contributed by atoms with Crippen LogP contribution in [-0.4, -0.2) is 23.3 Å². The molecule has 1 heterocycles. The maximum absolute atomic E-state index is 5.71. The highest BCUT2D eigenvalue weighted by Gasteiger charge is 2.16. The lowest BCUT2D eigenvalue weighted by Crippen LogP contribution is -2.21. The van der Waals surface area contributed by atoms with E-state index in [0.717, 1.165) is 0 Å². The van der Waals surface area contributed by atoms with Gasteiger partial charge in [0.05, 0.1) is 12.6 Å². The molecule has 4 nitrogen and oxygen atoms in total. The second-order valence-corrected chi connectivity index (χ2v) is 3.46.